The molecule has 0 fully saturated rings. The van der Waals surface area contributed by atoms with E-state index >= 15 is 0 Å². The Balaban J connectivity index is 2.54. The van der Waals surface area contributed by atoms with Crippen LogP contribution in [0.15, 0.2) is 24.3 Å². The van der Waals surface area contributed by atoms with Crippen molar-refractivity contribution in [2.75, 3.05) is 0 Å². The molecule has 1 aromatic carbocycles. The quantitative estimate of drug-likeness (QED) is 0.744. The van der Waals surface area contributed by atoms with Crippen molar-refractivity contribution in [3.05, 3.63) is 35.6 Å². The fourth-order valence-corrected chi connectivity index (χ4v) is 1.11. The Labute approximate surface area is 82.4 Å². The molecule has 0 aromatic heterocycles. The van der Waals surface area contributed by atoms with Crippen LogP contribution in [0.2, 0.25) is 0 Å². The summed E-state index contributed by atoms with van der Waals surface area (Å²) in [5.41, 5.74) is -0.373. The van der Waals surface area contributed by atoms with Crippen molar-refractivity contribution in [3.63, 3.8) is 0 Å². The second-order valence-corrected chi connectivity index (χ2v) is 3.60. The Morgan fingerprint density at radius 3 is 2.50 bits per heavy atom. The normalized spacial score (nSPS) is 14.8. The molecule has 2 nitrogen and oxygen atoms in total. The number of carbonyl (C=O) groups excluding carboxylic acids is 1. The Morgan fingerprint density at radius 2 is 2.00 bits per heavy atom. The topological polar surface area (TPSA) is 37.3 Å². The molecule has 1 atom stereocenters. The molecule has 0 saturated heterocycles. The lowest BCUT2D eigenvalue weighted by Gasteiger charge is -2.14. The second kappa shape index (κ2) is 4.33. The van der Waals surface area contributed by atoms with Crippen LogP contribution in [-0.4, -0.2) is 17.0 Å². The summed E-state index contributed by atoms with van der Waals surface area (Å²) in [6.07, 6.45) is 1.44. The van der Waals surface area contributed by atoms with E-state index in [-0.39, 0.29) is 5.82 Å². The molecule has 1 rings (SSSR count). The third-order valence-electron chi connectivity index (χ3n) is 2.09. The minimum absolute atomic E-state index is 0.282. The van der Waals surface area contributed by atoms with Crippen molar-refractivity contribution >= 4 is 6.29 Å². The Hall–Kier alpha value is -1.22. The molecule has 0 amide bonds. The summed E-state index contributed by atoms with van der Waals surface area (Å²) in [7, 11) is 0. The number of aryl methyl sites for hydroxylation is 1. The smallest absolute Gasteiger partial charge is 0.151 e. The number of benzene rings is 1. The van der Waals surface area contributed by atoms with Gasteiger partial charge in [0.2, 0.25) is 0 Å². The van der Waals surface area contributed by atoms with Gasteiger partial charge in [0.25, 0.3) is 0 Å². The van der Waals surface area contributed by atoms with E-state index in [4.69, 9.17) is 0 Å². The fourth-order valence-electron chi connectivity index (χ4n) is 1.11. The molecular weight excluding hydrogens is 183 g/mol. The minimum atomic E-state index is -1.28. The van der Waals surface area contributed by atoms with E-state index in [0.29, 0.717) is 19.1 Å². The highest BCUT2D eigenvalue weighted by Crippen LogP contribution is 2.12. The third kappa shape index (κ3) is 3.26. The Bertz CT molecular complexity index is 304. The lowest BCUT2D eigenvalue weighted by atomic mass is 9.98. The van der Waals surface area contributed by atoms with Gasteiger partial charge in [-0.1, -0.05) is 12.1 Å². The molecule has 0 radical (unpaired) electrons. The average molecular weight is 196 g/mol. The van der Waals surface area contributed by atoms with E-state index in [0.717, 1.165) is 5.56 Å². The van der Waals surface area contributed by atoms with Gasteiger partial charge in [-0.05, 0) is 37.5 Å². The van der Waals surface area contributed by atoms with Crippen molar-refractivity contribution in [1.29, 1.82) is 0 Å². The van der Waals surface area contributed by atoms with Crippen molar-refractivity contribution in [2.24, 2.45) is 0 Å². The lowest BCUT2D eigenvalue weighted by molar-refractivity contribution is -0.122. The molecule has 0 spiro atoms. The van der Waals surface area contributed by atoms with Crippen LogP contribution in [0.3, 0.4) is 0 Å². The van der Waals surface area contributed by atoms with Crippen LogP contribution in [0.5, 0.6) is 0 Å². The van der Waals surface area contributed by atoms with Gasteiger partial charge in [-0.15, -0.1) is 0 Å². The van der Waals surface area contributed by atoms with Crippen LogP contribution < -0.4 is 0 Å². The van der Waals surface area contributed by atoms with Gasteiger partial charge in [0, 0.05) is 0 Å². The summed E-state index contributed by atoms with van der Waals surface area (Å²) < 4.78 is 12.5. The van der Waals surface area contributed by atoms with Gasteiger partial charge in [-0.2, -0.15) is 0 Å². The Morgan fingerprint density at radius 1 is 1.43 bits per heavy atom. The van der Waals surface area contributed by atoms with Crippen LogP contribution in [0.25, 0.3) is 0 Å². The number of rotatable bonds is 4. The summed E-state index contributed by atoms with van der Waals surface area (Å²) in [6, 6.07) is 6.03. The fraction of sp³-hybridized carbons (Fsp3) is 0.364. The number of aliphatic hydroxyl groups is 1. The van der Waals surface area contributed by atoms with Gasteiger partial charge in [0.05, 0.1) is 0 Å². The predicted molar refractivity (Wildman–Crippen MR) is 51.4 cm³/mol. The van der Waals surface area contributed by atoms with Gasteiger partial charge >= 0.3 is 0 Å². The highest BCUT2D eigenvalue weighted by Gasteiger charge is 2.18. The zero-order valence-electron chi connectivity index (χ0n) is 8.03. The molecule has 0 aliphatic carbocycles. The van der Waals surface area contributed by atoms with Crippen molar-refractivity contribution < 1.29 is 14.3 Å². The van der Waals surface area contributed by atoms with Crippen LogP contribution in [0, 0.1) is 5.82 Å². The first-order chi connectivity index (χ1) is 6.53. The van der Waals surface area contributed by atoms with Crippen molar-refractivity contribution in [3.8, 4) is 0 Å². The predicted octanol–water partition coefficient (Wildman–Crippen LogP) is 1.71. The molecule has 3 heteroatoms. The standard InChI is InChI=1S/C11H13FO2/c1-11(14,8-13)7-6-9-2-4-10(12)5-3-9/h2-5,8,14H,6-7H2,1H3. The molecule has 0 aliphatic heterocycles. The number of hydrogen-bond donors (Lipinski definition) is 1. The Kier molecular flexibility index (Phi) is 3.36. The first kappa shape index (κ1) is 10.9. The molecule has 76 valence electrons. The summed E-state index contributed by atoms with van der Waals surface area (Å²) in [5.74, 6) is -0.282. The maximum atomic E-state index is 12.5. The van der Waals surface area contributed by atoms with Gasteiger partial charge in [-0.25, -0.2) is 4.39 Å². The minimum Gasteiger partial charge on any atom is -0.383 e. The summed E-state index contributed by atoms with van der Waals surface area (Å²) >= 11 is 0. The van der Waals surface area contributed by atoms with Crippen molar-refractivity contribution in [1.82, 2.24) is 0 Å². The summed E-state index contributed by atoms with van der Waals surface area (Å²) in [5, 5.41) is 9.40. The molecule has 0 heterocycles. The summed E-state index contributed by atoms with van der Waals surface area (Å²) in [4.78, 5) is 10.4. The molecule has 0 saturated carbocycles. The van der Waals surface area contributed by atoms with Crippen molar-refractivity contribution in [2.45, 2.75) is 25.4 Å². The van der Waals surface area contributed by atoms with E-state index in [1.54, 1.807) is 12.1 Å². The SMILES string of the molecule is CC(O)(C=O)CCc1ccc(F)cc1. The van der Waals surface area contributed by atoms with E-state index in [1.807, 2.05) is 0 Å². The van der Waals surface area contributed by atoms with Crippen LogP contribution in [-0.2, 0) is 11.2 Å². The zero-order valence-corrected chi connectivity index (χ0v) is 8.03. The first-order valence-electron chi connectivity index (χ1n) is 4.47. The average Bonchev–Trinajstić information content (AvgIpc) is 2.17. The maximum Gasteiger partial charge on any atom is 0.151 e. The number of aldehydes is 1. The molecule has 1 aromatic rings. The van der Waals surface area contributed by atoms with E-state index in [2.05, 4.69) is 0 Å². The van der Waals surface area contributed by atoms with Gasteiger partial charge < -0.3 is 9.90 Å². The van der Waals surface area contributed by atoms with E-state index < -0.39 is 5.60 Å². The summed E-state index contributed by atoms with van der Waals surface area (Å²) in [6.45, 7) is 1.46. The lowest BCUT2D eigenvalue weighted by Crippen LogP contribution is -2.26. The monoisotopic (exact) mass is 196 g/mol. The molecule has 0 bridgehead atoms. The largest absolute Gasteiger partial charge is 0.383 e. The first-order valence-corrected chi connectivity index (χ1v) is 4.47. The van der Waals surface area contributed by atoms with E-state index in [1.165, 1.54) is 19.1 Å². The third-order valence-corrected chi connectivity index (χ3v) is 2.09. The highest BCUT2D eigenvalue weighted by molar-refractivity contribution is 5.61. The molecule has 1 unspecified atom stereocenters. The maximum absolute atomic E-state index is 12.5. The molecule has 14 heavy (non-hydrogen) atoms. The van der Waals surface area contributed by atoms with Gasteiger partial charge in [0.1, 0.15) is 11.4 Å². The molecule has 0 aliphatic rings. The number of halogens is 1. The van der Waals surface area contributed by atoms with Gasteiger partial charge in [-0.3, -0.25) is 0 Å². The number of hydrogen-bond acceptors (Lipinski definition) is 2. The van der Waals surface area contributed by atoms with Crippen LogP contribution >= 0.6 is 0 Å². The van der Waals surface area contributed by atoms with Crippen LogP contribution in [0.1, 0.15) is 18.9 Å². The highest BCUT2D eigenvalue weighted by atomic mass is 19.1. The molecule has 1 N–H and O–H groups in total. The van der Waals surface area contributed by atoms with Crippen LogP contribution in [0.4, 0.5) is 4.39 Å². The van der Waals surface area contributed by atoms with Gasteiger partial charge in [0.15, 0.2) is 6.29 Å². The molecular formula is C11H13FO2. The van der Waals surface area contributed by atoms with E-state index in [9.17, 15) is 14.3 Å². The zero-order chi connectivity index (χ0) is 10.6. The number of carbonyl (C=O) groups is 1. The second-order valence-electron chi connectivity index (χ2n) is 3.60.